The van der Waals surface area contributed by atoms with Gasteiger partial charge in [-0.05, 0) is 0 Å². The summed E-state index contributed by atoms with van der Waals surface area (Å²) in [5.41, 5.74) is 0. The fourth-order valence-corrected chi connectivity index (χ4v) is 20.8. The minimum atomic E-state index is -0.127. The van der Waals surface area contributed by atoms with E-state index in [1.54, 1.807) is 6.74 Å². The molecule has 0 aromatic rings. The second kappa shape index (κ2) is 11.6. The molecule has 0 N–H and O–H groups in total. The van der Waals surface area contributed by atoms with Crippen molar-refractivity contribution in [3.63, 3.8) is 0 Å². The number of hydrogen-bond donors (Lipinski definition) is 0. The van der Waals surface area contributed by atoms with E-state index in [2.05, 4.69) is 19.4 Å². The number of carbonyl (C=O) groups excluding carboxylic acids is 2. The number of ether oxygens (including phenoxy) is 2. The summed E-state index contributed by atoms with van der Waals surface area (Å²) in [7, 11) is 2.88. The van der Waals surface area contributed by atoms with Gasteiger partial charge in [0.25, 0.3) is 0 Å². The molecule has 0 atom stereocenters. The standard InChI is InChI=1S/C14H16O4S2Se4/c1-17-9(15)3-5-19-11-7-21-13(23-11)14-22-8-12(24-14)20-6-4-10(16)18-2/h7-8H,3-6H2,1-2H3/b14-13+. The molecular weight excluding hydrogens is 612 g/mol. The zero-order chi connectivity index (χ0) is 17.4. The molecule has 0 radical (unpaired) electrons. The molecule has 4 nitrogen and oxygen atoms in total. The molecule has 2 aliphatic rings. The minimum absolute atomic E-state index is 0.127. The summed E-state index contributed by atoms with van der Waals surface area (Å²) in [5.74, 6) is 1.39. The van der Waals surface area contributed by atoms with Crippen molar-refractivity contribution < 1.29 is 19.1 Å². The van der Waals surface area contributed by atoms with Gasteiger partial charge < -0.3 is 0 Å². The van der Waals surface area contributed by atoms with Crippen LogP contribution in [0.4, 0.5) is 0 Å². The van der Waals surface area contributed by atoms with Gasteiger partial charge in [-0.2, -0.15) is 0 Å². The van der Waals surface area contributed by atoms with E-state index in [1.165, 1.54) is 21.8 Å². The molecule has 0 aromatic carbocycles. The molecule has 0 fully saturated rings. The summed E-state index contributed by atoms with van der Waals surface area (Å²) >= 11 is 5.60. The first-order chi connectivity index (χ1) is 11.6. The van der Waals surface area contributed by atoms with Crippen LogP contribution < -0.4 is 0 Å². The van der Waals surface area contributed by atoms with Gasteiger partial charge in [0.2, 0.25) is 0 Å². The molecule has 0 spiro atoms. The Morgan fingerprint density at radius 2 is 1.29 bits per heavy atom. The van der Waals surface area contributed by atoms with Gasteiger partial charge in [-0.1, -0.05) is 0 Å². The van der Waals surface area contributed by atoms with Gasteiger partial charge in [-0.25, -0.2) is 0 Å². The quantitative estimate of drug-likeness (QED) is 0.297. The van der Waals surface area contributed by atoms with Crippen LogP contribution in [0.1, 0.15) is 12.8 Å². The molecule has 2 rings (SSSR count). The van der Waals surface area contributed by atoms with Crippen molar-refractivity contribution in [2.24, 2.45) is 0 Å². The Morgan fingerprint density at radius 1 is 0.875 bits per heavy atom. The zero-order valence-corrected chi connectivity index (χ0v) is 21.6. The Morgan fingerprint density at radius 3 is 1.67 bits per heavy atom. The Balaban J connectivity index is 1.70. The number of hydrogen-bond acceptors (Lipinski definition) is 6. The van der Waals surface area contributed by atoms with Crippen LogP contribution in [0, 0.1) is 0 Å². The van der Waals surface area contributed by atoms with Gasteiger partial charge in [0.15, 0.2) is 0 Å². The van der Waals surface area contributed by atoms with Crippen LogP contribution in [0.15, 0.2) is 24.3 Å². The first kappa shape index (κ1) is 21.2. The van der Waals surface area contributed by atoms with Crippen molar-refractivity contribution in [3.05, 3.63) is 24.3 Å². The van der Waals surface area contributed by atoms with Crippen LogP contribution in [-0.4, -0.2) is 97.5 Å². The third-order valence-corrected chi connectivity index (χ3v) is 21.5. The number of thioether (sulfide) groups is 2. The van der Waals surface area contributed by atoms with Crippen LogP contribution in [0.25, 0.3) is 0 Å². The number of rotatable bonds is 8. The Bertz CT molecular complexity index is 539. The summed E-state index contributed by atoms with van der Waals surface area (Å²) in [4.78, 5) is 27.1. The molecule has 0 unspecified atom stereocenters. The van der Waals surface area contributed by atoms with Crippen molar-refractivity contribution in [2.45, 2.75) is 12.8 Å². The number of carbonyl (C=O) groups is 2. The molecule has 2 heterocycles. The number of methoxy groups -OCH3 is 2. The van der Waals surface area contributed by atoms with Crippen LogP contribution in [0.3, 0.4) is 0 Å². The van der Waals surface area contributed by atoms with Crippen LogP contribution in [0.2, 0.25) is 0 Å². The number of esters is 2. The summed E-state index contributed by atoms with van der Waals surface area (Å²) < 4.78 is 15.7. The van der Waals surface area contributed by atoms with Crippen LogP contribution >= 0.6 is 23.5 Å². The van der Waals surface area contributed by atoms with E-state index in [1.807, 2.05) is 23.5 Å². The van der Waals surface area contributed by atoms with Gasteiger partial charge in [-0.15, -0.1) is 0 Å². The van der Waals surface area contributed by atoms with Crippen LogP contribution in [0.5, 0.6) is 0 Å². The molecule has 2 aliphatic heterocycles. The van der Waals surface area contributed by atoms with E-state index in [4.69, 9.17) is 0 Å². The topological polar surface area (TPSA) is 52.6 Å². The molecule has 0 aliphatic carbocycles. The molecule has 132 valence electrons. The molecular formula is C14H16O4S2Se4. The third kappa shape index (κ3) is 7.28. The molecule has 0 saturated carbocycles. The van der Waals surface area contributed by atoms with Crippen molar-refractivity contribution >= 4 is 95.3 Å². The van der Waals surface area contributed by atoms with Crippen LogP contribution in [-0.2, 0) is 19.1 Å². The summed E-state index contributed by atoms with van der Waals surface area (Å²) in [6.07, 6.45) is 0.980. The van der Waals surface area contributed by atoms with Gasteiger partial charge >= 0.3 is 177 Å². The molecule has 0 bridgehead atoms. The molecule has 0 saturated heterocycles. The normalized spacial score (nSPS) is 19.9. The average Bonchev–Trinajstić information content (AvgIpc) is 3.23. The van der Waals surface area contributed by atoms with E-state index in [0.717, 1.165) is 11.5 Å². The van der Waals surface area contributed by atoms with Gasteiger partial charge in [-0.3, -0.25) is 0 Å². The van der Waals surface area contributed by atoms with Crippen molar-refractivity contribution in [3.8, 4) is 0 Å². The fourth-order valence-electron chi connectivity index (χ4n) is 1.46. The third-order valence-electron chi connectivity index (χ3n) is 2.63. The molecule has 10 heteroatoms. The Hall–Kier alpha value is 0.938. The maximum atomic E-state index is 11.2. The van der Waals surface area contributed by atoms with E-state index in [-0.39, 0.29) is 11.9 Å². The second-order valence-corrected chi connectivity index (χ2v) is 18.4. The average molecular weight is 628 g/mol. The fraction of sp³-hybridized carbons (Fsp3) is 0.429. The molecule has 0 aromatic heterocycles. The molecule has 24 heavy (non-hydrogen) atoms. The second-order valence-electron chi connectivity index (χ2n) is 4.24. The van der Waals surface area contributed by atoms with Crippen molar-refractivity contribution in [2.75, 3.05) is 25.7 Å². The van der Waals surface area contributed by atoms with E-state index < -0.39 is 0 Å². The Labute approximate surface area is 175 Å². The molecule has 0 amide bonds. The monoisotopic (exact) mass is 632 g/mol. The first-order valence-electron chi connectivity index (χ1n) is 6.85. The summed E-state index contributed by atoms with van der Waals surface area (Å²) in [5, 5.41) is 0. The van der Waals surface area contributed by atoms with Gasteiger partial charge in [0.05, 0.1) is 0 Å². The van der Waals surface area contributed by atoms with E-state index in [9.17, 15) is 9.59 Å². The van der Waals surface area contributed by atoms with E-state index >= 15 is 0 Å². The first-order valence-corrected chi connectivity index (χ1v) is 15.9. The maximum absolute atomic E-state index is 11.2. The van der Waals surface area contributed by atoms with Gasteiger partial charge in [0, 0.05) is 0 Å². The van der Waals surface area contributed by atoms with E-state index in [0.29, 0.717) is 72.7 Å². The predicted octanol–water partition coefficient (Wildman–Crippen LogP) is 1.15. The zero-order valence-electron chi connectivity index (χ0n) is 13.1. The predicted molar refractivity (Wildman–Crippen MR) is 104 cm³/mol. The van der Waals surface area contributed by atoms with Gasteiger partial charge in [0.1, 0.15) is 0 Å². The summed E-state index contributed by atoms with van der Waals surface area (Å²) in [6.45, 7) is 0. The summed E-state index contributed by atoms with van der Waals surface area (Å²) in [6, 6.07) is 0. The van der Waals surface area contributed by atoms with Crippen molar-refractivity contribution in [1.29, 1.82) is 0 Å². The SMILES string of the molecule is COC(=O)CCSC1=C[Se]/C(=C2/[Se]C=C(SCCC(=O)OC)[Se]2)[Se]1. The van der Waals surface area contributed by atoms with Crippen molar-refractivity contribution in [1.82, 2.24) is 0 Å². The Kier molecular flexibility index (Phi) is 10.3.